The molecule has 7 N–H and O–H groups in total. The molecule has 2 aliphatic rings. The average Bonchev–Trinajstić information content (AvgIpc) is 2.87. The first-order valence-corrected chi connectivity index (χ1v) is 8.95. The van der Waals surface area contributed by atoms with Gasteiger partial charge in [-0.2, -0.15) is 0 Å². The molecule has 0 saturated carbocycles. The monoisotopic (exact) mass is 462 g/mol. The number of hydrogen-bond donors (Lipinski definition) is 7. The molecule has 0 aromatic heterocycles. The number of aliphatic hydroxyl groups excluding tert-OH is 7. The fourth-order valence-electron chi connectivity index (χ4n) is 2.88. The van der Waals surface area contributed by atoms with Crippen LogP contribution < -0.4 is 0 Å². The van der Waals surface area contributed by atoms with Gasteiger partial charge in [-0.05, 0) is 15.9 Å². The highest BCUT2D eigenvalue weighted by atomic mass is 79.9. The molecular formula is C14H23BrO12. The van der Waals surface area contributed by atoms with Crippen molar-refractivity contribution in [2.45, 2.75) is 66.7 Å². The Morgan fingerprint density at radius 2 is 1.63 bits per heavy atom. The van der Waals surface area contributed by atoms with E-state index in [9.17, 15) is 40.5 Å². The molecule has 0 bridgehead atoms. The lowest BCUT2D eigenvalue weighted by atomic mass is 9.99. The molecular weight excluding hydrogens is 440 g/mol. The van der Waals surface area contributed by atoms with Crippen molar-refractivity contribution in [1.29, 1.82) is 0 Å². The predicted molar refractivity (Wildman–Crippen MR) is 86.0 cm³/mol. The first-order chi connectivity index (χ1) is 12.6. The highest BCUT2D eigenvalue weighted by Gasteiger charge is 2.63. The van der Waals surface area contributed by atoms with Crippen molar-refractivity contribution in [3.63, 3.8) is 0 Å². The van der Waals surface area contributed by atoms with Crippen LogP contribution in [0, 0.1) is 0 Å². The van der Waals surface area contributed by atoms with Crippen LogP contribution in [0.2, 0.25) is 0 Å². The van der Waals surface area contributed by atoms with Crippen molar-refractivity contribution in [3.8, 4) is 0 Å². The van der Waals surface area contributed by atoms with E-state index in [1.165, 1.54) is 0 Å². The maximum atomic E-state index is 11.3. The van der Waals surface area contributed by atoms with Crippen molar-refractivity contribution in [3.05, 3.63) is 0 Å². The van der Waals surface area contributed by atoms with Gasteiger partial charge in [0.2, 0.25) is 10.8 Å². The van der Waals surface area contributed by atoms with Gasteiger partial charge in [-0.3, -0.25) is 4.79 Å². The average molecular weight is 463 g/mol. The Balaban J connectivity index is 2.33. The van der Waals surface area contributed by atoms with Crippen LogP contribution in [-0.4, -0.2) is 115 Å². The van der Waals surface area contributed by atoms with Crippen molar-refractivity contribution in [2.75, 3.05) is 13.2 Å². The van der Waals surface area contributed by atoms with E-state index in [1.807, 2.05) is 0 Å². The molecule has 10 atom stereocenters. The summed E-state index contributed by atoms with van der Waals surface area (Å²) in [4.78, 5) is 11.3. The Morgan fingerprint density at radius 1 is 1.04 bits per heavy atom. The van der Waals surface area contributed by atoms with Crippen LogP contribution in [0.5, 0.6) is 0 Å². The van der Waals surface area contributed by atoms with Crippen LogP contribution in [0.4, 0.5) is 0 Å². The number of hydrogen-bond acceptors (Lipinski definition) is 12. The first-order valence-electron chi connectivity index (χ1n) is 8.03. The molecule has 0 spiro atoms. The zero-order chi connectivity index (χ0) is 20.5. The standard InChI is InChI=1S/C14H23BrO12/c1-4(18)24-13(15)14(11(23)8(20)6(3-17)26-14)27-12-10(22)9(21)7(19)5(2-16)25-12/h5-13,16-17,19-23H,2-3H2,1H3/t5-,6-,7-,8-,9+,10-,11+,12-,13?,14-/m1/s1. The molecule has 158 valence electrons. The lowest BCUT2D eigenvalue weighted by molar-refractivity contribution is -0.387. The lowest BCUT2D eigenvalue weighted by Crippen LogP contribution is -2.64. The van der Waals surface area contributed by atoms with Gasteiger partial charge in [0.05, 0.1) is 13.2 Å². The van der Waals surface area contributed by atoms with Gasteiger partial charge in [0, 0.05) is 6.92 Å². The third-order valence-corrected chi connectivity index (χ3v) is 5.19. The van der Waals surface area contributed by atoms with E-state index >= 15 is 0 Å². The van der Waals surface area contributed by atoms with Gasteiger partial charge in [-0.15, -0.1) is 0 Å². The smallest absolute Gasteiger partial charge is 0.303 e. The van der Waals surface area contributed by atoms with E-state index < -0.39 is 79.0 Å². The van der Waals surface area contributed by atoms with E-state index in [0.29, 0.717) is 0 Å². The van der Waals surface area contributed by atoms with Crippen LogP contribution in [0.15, 0.2) is 0 Å². The van der Waals surface area contributed by atoms with Crippen molar-refractivity contribution >= 4 is 21.9 Å². The molecule has 2 aliphatic heterocycles. The number of carbonyl (C=O) groups is 1. The van der Waals surface area contributed by atoms with E-state index in [2.05, 4.69) is 15.9 Å². The van der Waals surface area contributed by atoms with Crippen molar-refractivity contribution < 1.29 is 59.5 Å². The van der Waals surface area contributed by atoms with Crippen LogP contribution in [0.25, 0.3) is 0 Å². The second-order valence-electron chi connectivity index (χ2n) is 6.24. The minimum atomic E-state index is -2.36. The number of esters is 1. The third kappa shape index (κ3) is 4.28. The number of carbonyl (C=O) groups excluding carboxylic acids is 1. The van der Waals surface area contributed by atoms with Gasteiger partial charge in [-0.1, -0.05) is 0 Å². The Hall–Kier alpha value is -0.450. The summed E-state index contributed by atoms with van der Waals surface area (Å²) in [6.45, 7) is -0.403. The molecule has 2 heterocycles. The Morgan fingerprint density at radius 3 is 2.11 bits per heavy atom. The quantitative estimate of drug-likeness (QED) is 0.149. The molecule has 1 unspecified atom stereocenters. The fourth-order valence-corrected chi connectivity index (χ4v) is 3.63. The summed E-state index contributed by atoms with van der Waals surface area (Å²) >= 11 is 2.95. The van der Waals surface area contributed by atoms with Crippen LogP contribution in [0.1, 0.15) is 6.92 Å². The normalized spacial score (nSPS) is 46.3. The largest absolute Gasteiger partial charge is 0.445 e. The van der Waals surface area contributed by atoms with Crippen molar-refractivity contribution in [2.24, 2.45) is 0 Å². The molecule has 13 heteroatoms. The maximum absolute atomic E-state index is 11.3. The minimum Gasteiger partial charge on any atom is -0.445 e. The van der Waals surface area contributed by atoms with Crippen LogP contribution >= 0.6 is 15.9 Å². The topological polar surface area (TPSA) is 196 Å². The number of aliphatic hydroxyl groups is 7. The number of rotatable bonds is 6. The minimum absolute atomic E-state index is 0.724. The summed E-state index contributed by atoms with van der Waals surface area (Å²) in [5.74, 6) is -3.17. The maximum Gasteiger partial charge on any atom is 0.303 e. The molecule has 0 amide bonds. The summed E-state index contributed by atoms with van der Waals surface area (Å²) < 4.78 is 20.9. The molecule has 2 saturated heterocycles. The van der Waals surface area contributed by atoms with E-state index in [1.54, 1.807) is 0 Å². The molecule has 0 aromatic rings. The SMILES string of the molecule is CC(=O)OC(Br)[C@@]1(O[C@H]2O[C@H](CO)[C@@H](O)[C@H](O)[C@H]2O)O[C@H](CO)[C@@H](O)[C@@H]1O. The second-order valence-corrected chi connectivity index (χ2v) is 7.07. The van der Waals surface area contributed by atoms with Crippen LogP contribution in [0.3, 0.4) is 0 Å². The zero-order valence-electron chi connectivity index (χ0n) is 14.2. The zero-order valence-corrected chi connectivity index (χ0v) is 15.7. The number of halogens is 1. The van der Waals surface area contributed by atoms with E-state index in [4.69, 9.17) is 18.9 Å². The highest BCUT2D eigenvalue weighted by Crippen LogP contribution is 2.41. The molecule has 12 nitrogen and oxygen atoms in total. The lowest BCUT2D eigenvalue weighted by Gasteiger charge is -2.44. The van der Waals surface area contributed by atoms with Gasteiger partial charge in [0.15, 0.2) is 6.29 Å². The van der Waals surface area contributed by atoms with E-state index in [0.717, 1.165) is 6.92 Å². The predicted octanol–water partition coefficient (Wildman–Crippen LogP) is -4.10. The summed E-state index contributed by atoms with van der Waals surface area (Å²) in [6.07, 6.45) is -13.2. The summed E-state index contributed by atoms with van der Waals surface area (Å²) in [6, 6.07) is 0. The first kappa shape index (κ1) is 22.8. The molecule has 27 heavy (non-hydrogen) atoms. The van der Waals surface area contributed by atoms with Gasteiger partial charge in [-0.25, -0.2) is 0 Å². The molecule has 0 radical (unpaired) electrons. The summed E-state index contributed by atoms with van der Waals surface area (Å²) in [5.41, 5.74) is 0. The molecule has 2 rings (SSSR count). The Bertz CT molecular complexity index is 520. The fraction of sp³-hybridized carbons (Fsp3) is 0.929. The van der Waals surface area contributed by atoms with Gasteiger partial charge in [0.25, 0.3) is 0 Å². The summed E-state index contributed by atoms with van der Waals surface area (Å²) in [7, 11) is 0. The Kier molecular flexibility index (Phi) is 7.54. The number of ether oxygens (including phenoxy) is 4. The second kappa shape index (κ2) is 8.92. The third-order valence-electron chi connectivity index (χ3n) is 4.37. The molecule has 2 fully saturated rings. The molecule has 0 aliphatic carbocycles. The Labute approximate surface area is 162 Å². The van der Waals surface area contributed by atoms with Crippen LogP contribution in [-0.2, 0) is 23.7 Å². The van der Waals surface area contributed by atoms with Gasteiger partial charge in [0.1, 0.15) is 42.7 Å². The highest BCUT2D eigenvalue weighted by molar-refractivity contribution is 9.09. The molecule has 0 aromatic carbocycles. The number of alkyl halides is 1. The van der Waals surface area contributed by atoms with Gasteiger partial charge >= 0.3 is 5.97 Å². The van der Waals surface area contributed by atoms with Crippen molar-refractivity contribution in [1.82, 2.24) is 0 Å². The summed E-state index contributed by atoms with van der Waals surface area (Å²) in [5, 5.41) is 67.3. The van der Waals surface area contributed by atoms with E-state index in [-0.39, 0.29) is 0 Å². The van der Waals surface area contributed by atoms with Gasteiger partial charge < -0.3 is 54.7 Å².